The highest BCUT2D eigenvalue weighted by Gasteiger charge is 2.27. The molecule has 0 rings (SSSR count). The van der Waals surface area contributed by atoms with E-state index in [9.17, 15) is 0 Å². The van der Waals surface area contributed by atoms with Gasteiger partial charge < -0.3 is 4.43 Å². The first-order valence-corrected chi connectivity index (χ1v) is 9.58. The van der Waals surface area contributed by atoms with E-state index in [1.807, 2.05) is 0 Å². The maximum atomic E-state index is 5.97. The molecule has 0 amide bonds. The van der Waals surface area contributed by atoms with Crippen LogP contribution in [0.2, 0.25) is 18.6 Å². The quantitative estimate of drug-likeness (QED) is 0.308. The molecule has 0 bridgehead atoms. The van der Waals surface area contributed by atoms with E-state index in [-0.39, 0.29) is 0 Å². The van der Waals surface area contributed by atoms with Crippen molar-refractivity contribution in [2.75, 3.05) is 6.61 Å². The summed E-state index contributed by atoms with van der Waals surface area (Å²) in [6.07, 6.45) is 13.2. The minimum absolute atomic E-state index is 0.515. The number of terminal acetylenes is 1. The minimum Gasteiger partial charge on any atom is -0.406 e. The number of rotatable bonds is 10. The molecule has 16 heavy (non-hydrogen) atoms. The highest BCUT2D eigenvalue weighted by atomic mass is 28.4. The molecular formula is C14H28OSi. The van der Waals surface area contributed by atoms with Crippen LogP contribution in [-0.2, 0) is 4.43 Å². The topological polar surface area (TPSA) is 9.23 Å². The normalized spacial score (nSPS) is 11.4. The Kier molecular flexibility index (Phi) is 9.76. The average Bonchev–Trinajstić information content (AvgIpc) is 2.27. The fourth-order valence-electron chi connectivity index (χ4n) is 1.98. The Balaban J connectivity index is 3.97. The van der Waals surface area contributed by atoms with Crippen molar-refractivity contribution in [3.8, 4) is 12.3 Å². The largest absolute Gasteiger partial charge is 0.406 e. The minimum atomic E-state index is -1.49. The number of hydrogen-bond acceptors (Lipinski definition) is 1. The molecule has 0 spiro atoms. The Bertz CT molecular complexity index is 185. The van der Waals surface area contributed by atoms with Crippen molar-refractivity contribution in [1.82, 2.24) is 0 Å². The summed E-state index contributed by atoms with van der Waals surface area (Å²) in [5.74, 6) is 2.62. The third kappa shape index (κ3) is 7.96. The van der Waals surface area contributed by atoms with Gasteiger partial charge in [0.05, 0.1) is 6.61 Å². The van der Waals surface area contributed by atoms with Gasteiger partial charge in [0.25, 0.3) is 0 Å². The van der Waals surface area contributed by atoms with E-state index in [1.54, 1.807) is 0 Å². The zero-order valence-corrected chi connectivity index (χ0v) is 12.3. The van der Waals surface area contributed by atoms with Crippen molar-refractivity contribution in [1.29, 1.82) is 0 Å². The van der Waals surface area contributed by atoms with E-state index >= 15 is 0 Å². The Labute approximate surface area is 103 Å². The van der Waals surface area contributed by atoms with Gasteiger partial charge in [0.1, 0.15) is 0 Å². The summed E-state index contributed by atoms with van der Waals surface area (Å²) in [5.41, 5.74) is 0. The molecule has 0 saturated carbocycles. The van der Waals surface area contributed by atoms with Gasteiger partial charge in [-0.2, -0.15) is 0 Å². The van der Waals surface area contributed by atoms with E-state index in [0.29, 0.717) is 6.61 Å². The van der Waals surface area contributed by atoms with Gasteiger partial charge in [-0.1, -0.05) is 58.3 Å². The first kappa shape index (κ1) is 15.7. The van der Waals surface area contributed by atoms with Crippen LogP contribution in [0.25, 0.3) is 0 Å². The summed E-state index contributed by atoms with van der Waals surface area (Å²) in [4.78, 5) is 0. The second-order valence-electron chi connectivity index (χ2n) is 4.86. The van der Waals surface area contributed by atoms with Gasteiger partial charge in [0, 0.05) is 0 Å². The molecule has 0 aliphatic rings. The first-order chi connectivity index (χ1) is 7.68. The van der Waals surface area contributed by atoms with E-state index in [0.717, 1.165) is 0 Å². The van der Waals surface area contributed by atoms with E-state index in [1.165, 1.54) is 50.6 Å². The summed E-state index contributed by atoms with van der Waals surface area (Å²) in [5, 5.41) is 0. The molecule has 0 radical (unpaired) electrons. The molecule has 94 valence electrons. The fourth-order valence-corrected chi connectivity index (χ4v) is 4.95. The maximum Gasteiger partial charge on any atom is 0.191 e. The Morgan fingerprint density at radius 1 is 1.00 bits per heavy atom. The first-order valence-electron chi connectivity index (χ1n) is 6.76. The lowest BCUT2D eigenvalue weighted by atomic mass is 10.3. The van der Waals surface area contributed by atoms with Gasteiger partial charge in [-0.25, -0.2) is 0 Å². The summed E-state index contributed by atoms with van der Waals surface area (Å²) >= 11 is 0. The van der Waals surface area contributed by atoms with Crippen LogP contribution < -0.4 is 0 Å². The zero-order valence-electron chi connectivity index (χ0n) is 11.3. The Morgan fingerprint density at radius 3 is 1.88 bits per heavy atom. The average molecular weight is 240 g/mol. The van der Waals surface area contributed by atoms with Gasteiger partial charge in [-0.15, -0.1) is 6.42 Å². The third-order valence-electron chi connectivity index (χ3n) is 3.12. The molecule has 0 atom stereocenters. The molecule has 0 aliphatic heterocycles. The SMILES string of the molecule is C#CCO[Si](C)(CCCCC)CCCCC. The fraction of sp³-hybridized carbons (Fsp3) is 0.857. The Hall–Kier alpha value is -0.263. The predicted molar refractivity (Wildman–Crippen MR) is 75.1 cm³/mol. The maximum absolute atomic E-state index is 5.97. The lowest BCUT2D eigenvalue weighted by molar-refractivity contribution is 0.349. The van der Waals surface area contributed by atoms with Crippen molar-refractivity contribution >= 4 is 8.32 Å². The third-order valence-corrected chi connectivity index (χ3v) is 6.79. The molecule has 0 unspecified atom stereocenters. The molecule has 0 aromatic rings. The zero-order chi connectivity index (χ0) is 12.3. The summed E-state index contributed by atoms with van der Waals surface area (Å²) < 4.78 is 5.97. The van der Waals surface area contributed by atoms with Crippen LogP contribution in [0.15, 0.2) is 0 Å². The monoisotopic (exact) mass is 240 g/mol. The van der Waals surface area contributed by atoms with Gasteiger partial charge in [0.2, 0.25) is 0 Å². The molecule has 0 N–H and O–H groups in total. The van der Waals surface area contributed by atoms with E-state index in [4.69, 9.17) is 10.8 Å². The summed E-state index contributed by atoms with van der Waals surface area (Å²) in [7, 11) is -1.49. The second kappa shape index (κ2) is 9.93. The molecule has 2 heteroatoms. The molecule has 0 aliphatic carbocycles. The smallest absolute Gasteiger partial charge is 0.191 e. The van der Waals surface area contributed by atoms with Crippen molar-refractivity contribution in [3.63, 3.8) is 0 Å². The van der Waals surface area contributed by atoms with E-state index in [2.05, 4.69) is 26.3 Å². The van der Waals surface area contributed by atoms with Crippen LogP contribution in [-0.4, -0.2) is 14.9 Å². The van der Waals surface area contributed by atoms with Crippen LogP contribution in [0.3, 0.4) is 0 Å². The van der Waals surface area contributed by atoms with Crippen molar-refractivity contribution < 1.29 is 4.43 Å². The van der Waals surface area contributed by atoms with Gasteiger partial charge in [-0.3, -0.25) is 0 Å². The molecular weight excluding hydrogens is 212 g/mol. The van der Waals surface area contributed by atoms with Crippen LogP contribution in [0.1, 0.15) is 52.4 Å². The van der Waals surface area contributed by atoms with Crippen LogP contribution in [0.5, 0.6) is 0 Å². The predicted octanol–water partition coefficient (Wildman–Crippen LogP) is 4.59. The number of unbranched alkanes of at least 4 members (excludes halogenated alkanes) is 4. The Morgan fingerprint density at radius 2 is 1.50 bits per heavy atom. The summed E-state index contributed by atoms with van der Waals surface area (Å²) in [6, 6.07) is 2.57. The molecule has 1 nitrogen and oxygen atoms in total. The van der Waals surface area contributed by atoms with E-state index < -0.39 is 8.32 Å². The molecule has 0 saturated heterocycles. The standard InChI is InChI=1S/C14H28OSi/c1-5-8-10-13-16(4,15-12-7-3)14-11-9-6-2/h3H,5-6,8-14H2,1-2,4H3. The van der Waals surface area contributed by atoms with Crippen molar-refractivity contribution in [2.24, 2.45) is 0 Å². The van der Waals surface area contributed by atoms with Crippen molar-refractivity contribution in [3.05, 3.63) is 0 Å². The number of hydrogen-bond donors (Lipinski definition) is 0. The molecule has 0 fully saturated rings. The highest BCUT2D eigenvalue weighted by molar-refractivity contribution is 6.72. The van der Waals surface area contributed by atoms with Crippen LogP contribution in [0, 0.1) is 12.3 Å². The summed E-state index contributed by atoms with van der Waals surface area (Å²) in [6.45, 7) is 7.37. The second-order valence-corrected chi connectivity index (χ2v) is 9.05. The lowest BCUT2D eigenvalue weighted by Crippen LogP contribution is -2.34. The van der Waals surface area contributed by atoms with Crippen LogP contribution in [0.4, 0.5) is 0 Å². The molecule has 0 heterocycles. The molecule has 0 aromatic carbocycles. The van der Waals surface area contributed by atoms with Gasteiger partial charge in [0.15, 0.2) is 8.32 Å². The molecule has 0 aromatic heterocycles. The van der Waals surface area contributed by atoms with Crippen molar-refractivity contribution in [2.45, 2.75) is 71.0 Å². The highest BCUT2D eigenvalue weighted by Crippen LogP contribution is 2.23. The van der Waals surface area contributed by atoms with Crippen LogP contribution >= 0.6 is 0 Å². The van der Waals surface area contributed by atoms with Gasteiger partial charge >= 0.3 is 0 Å². The lowest BCUT2D eigenvalue weighted by Gasteiger charge is -2.26. The van der Waals surface area contributed by atoms with Gasteiger partial charge in [-0.05, 0) is 18.6 Å².